The molecule has 0 spiro atoms. The number of halogens is 1. The van der Waals surface area contributed by atoms with Gasteiger partial charge < -0.3 is 10.6 Å². The summed E-state index contributed by atoms with van der Waals surface area (Å²) >= 11 is 0. The minimum atomic E-state index is -0.151. The number of piperidine rings is 1. The van der Waals surface area contributed by atoms with Gasteiger partial charge in [-0.1, -0.05) is 6.42 Å². The molecule has 4 heteroatoms. The van der Waals surface area contributed by atoms with E-state index < -0.39 is 0 Å². The van der Waals surface area contributed by atoms with Crippen LogP contribution >= 0.6 is 0 Å². The van der Waals surface area contributed by atoms with Crippen molar-refractivity contribution in [2.24, 2.45) is 5.73 Å². The van der Waals surface area contributed by atoms with E-state index in [1.807, 2.05) is 19.9 Å². The summed E-state index contributed by atoms with van der Waals surface area (Å²) in [4.78, 5) is 5.03. The number of nitrogens with zero attached hydrogens (tertiary/aromatic N) is 2. The first kappa shape index (κ1) is 14.8. The molecule has 2 aliphatic rings. The minimum Gasteiger partial charge on any atom is -0.368 e. The Morgan fingerprint density at radius 2 is 2.05 bits per heavy atom. The van der Waals surface area contributed by atoms with Gasteiger partial charge in [0.25, 0.3) is 0 Å². The van der Waals surface area contributed by atoms with Crippen molar-refractivity contribution >= 4 is 5.69 Å². The van der Waals surface area contributed by atoms with E-state index >= 15 is 0 Å². The standard InChI is InChI=1S/C17H26FN3/c1-12-9-17(15(13(2)19)10-16(12)18)21-8-7-20-6-4-3-5-14(20)11-21/h9-10,13-14H,3-8,11,19H2,1-2H3. The number of fused-ring (bicyclic) bond motifs is 1. The van der Waals surface area contributed by atoms with E-state index in [1.54, 1.807) is 6.07 Å². The predicted molar refractivity (Wildman–Crippen MR) is 85.2 cm³/mol. The summed E-state index contributed by atoms with van der Waals surface area (Å²) in [5.74, 6) is -0.151. The number of rotatable bonds is 2. The third-order valence-electron chi connectivity index (χ3n) is 4.98. The van der Waals surface area contributed by atoms with Crippen LogP contribution in [0.1, 0.15) is 43.4 Å². The molecule has 21 heavy (non-hydrogen) atoms. The molecular weight excluding hydrogens is 265 g/mol. The Morgan fingerprint density at radius 3 is 2.81 bits per heavy atom. The number of nitrogens with two attached hydrogens (primary N) is 1. The lowest BCUT2D eigenvalue weighted by Gasteiger charge is -2.45. The molecule has 3 nitrogen and oxygen atoms in total. The molecule has 0 aromatic heterocycles. The quantitative estimate of drug-likeness (QED) is 0.909. The van der Waals surface area contributed by atoms with Gasteiger partial charge in [0.2, 0.25) is 0 Å². The van der Waals surface area contributed by atoms with E-state index in [2.05, 4.69) is 9.80 Å². The van der Waals surface area contributed by atoms with Crippen LogP contribution in [-0.4, -0.2) is 37.1 Å². The van der Waals surface area contributed by atoms with Gasteiger partial charge in [-0.3, -0.25) is 4.90 Å². The highest BCUT2D eigenvalue weighted by Gasteiger charge is 2.30. The second-order valence-electron chi connectivity index (χ2n) is 6.58. The van der Waals surface area contributed by atoms with Crippen molar-refractivity contribution < 1.29 is 4.39 Å². The Hall–Kier alpha value is -1.13. The maximum atomic E-state index is 13.9. The van der Waals surface area contributed by atoms with Crippen molar-refractivity contribution in [2.45, 2.75) is 45.2 Å². The van der Waals surface area contributed by atoms with Crippen molar-refractivity contribution in [3.05, 3.63) is 29.1 Å². The summed E-state index contributed by atoms with van der Waals surface area (Å²) in [5, 5.41) is 0. The number of hydrogen-bond acceptors (Lipinski definition) is 3. The molecule has 0 amide bonds. The van der Waals surface area contributed by atoms with Crippen LogP contribution < -0.4 is 10.6 Å². The first-order valence-corrected chi connectivity index (χ1v) is 8.11. The molecule has 2 aliphatic heterocycles. The van der Waals surface area contributed by atoms with E-state index in [0.29, 0.717) is 11.6 Å². The van der Waals surface area contributed by atoms with Crippen LogP contribution in [0.3, 0.4) is 0 Å². The zero-order chi connectivity index (χ0) is 15.0. The molecular formula is C17H26FN3. The molecule has 2 fully saturated rings. The smallest absolute Gasteiger partial charge is 0.126 e. The summed E-state index contributed by atoms with van der Waals surface area (Å²) < 4.78 is 13.9. The van der Waals surface area contributed by atoms with Crippen LogP contribution in [0, 0.1) is 12.7 Å². The van der Waals surface area contributed by atoms with Gasteiger partial charge in [0.1, 0.15) is 5.82 Å². The van der Waals surface area contributed by atoms with Crippen LogP contribution in [0.15, 0.2) is 12.1 Å². The lowest BCUT2D eigenvalue weighted by molar-refractivity contribution is 0.133. The first-order chi connectivity index (χ1) is 10.1. The van der Waals surface area contributed by atoms with Gasteiger partial charge in [-0.2, -0.15) is 0 Å². The minimum absolute atomic E-state index is 0.139. The fraction of sp³-hybridized carbons (Fsp3) is 0.647. The Labute approximate surface area is 126 Å². The zero-order valence-corrected chi connectivity index (χ0v) is 13.1. The number of piperazine rings is 1. The fourth-order valence-electron chi connectivity index (χ4n) is 3.70. The van der Waals surface area contributed by atoms with Gasteiger partial charge in [-0.25, -0.2) is 4.39 Å². The van der Waals surface area contributed by atoms with Gasteiger partial charge in [-0.05, 0) is 56.5 Å². The molecule has 2 heterocycles. The van der Waals surface area contributed by atoms with Crippen LogP contribution in [0.5, 0.6) is 0 Å². The summed E-state index contributed by atoms with van der Waals surface area (Å²) in [6.45, 7) is 8.18. The highest BCUT2D eigenvalue weighted by Crippen LogP contribution is 2.31. The highest BCUT2D eigenvalue weighted by atomic mass is 19.1. The molecule has 1 aromatic rings. The number of benzene rings is 1. The molecule has 3 rings (SSSR count). The van der Waals surface area contributed by atoms with E-state index in [-0.39, 0.29) is 11.9 Å². The van der Waals surface area contributed by atoms with Crippen LogP contribution in [0.25, 0.3) is 0 Å². The Bertz CT molecular complexity index is 515. The molecule has 0 radical (unpaired) electrons. The molecule has 1 aromatic carbocycles. The molecule has 0 bridgehead atoms. The van der Waals surface area contributed by atoms with Crippen LogP contribution in [-0.2, 0) is 0 Å². The Balaban J connectivity index is 1.87. The molecule has 0 aliphatic carbocycles. The van der Waals surface area contributed by atoms with Gasteiger partial charge in [0.05, 0.1) is 0 Å². The summed E-state index contributed by atoms with van der Waals surface area (Å²) in [7, 11) is 0. The maximum absolute atomic E-state index is 13.9. The Kier molecular flexibility index (Phi) is 4.18. The molecule has 2 unspecified atom stereocenters. The van der Waals surface area contributed by atoms with Crippen LogP contribution in [0.2, 0.25) is 0 Å². The monoisotopic (exact) mass is 291 g/mol. The van der Waals surface area contributed by atoms with Gasteiger partial charge in [0, 0.05) is 37.4 Å². The van der Waals surface area contributed by atoms with Crippen molar-refractivity contribution in [3.63, 3.8) is 0 Å². The normalized spacial score (nSPS) is 24.8. The average Bonchev–Trinajstić information content (AvgIpc) is 2.49. The van der Waals surface area contributed by atoms with E-state index in [9.17, 15) is 4.39 Å². The molecule has 116 valence electrons. The summed E-state index contributed by atoms with van der Waals surface area (Å²) in [6.07, 6.45) is 3.94. The van der Waals surface area contributed by atoms with Crippen molar-refractivity contribution in [2.75, 3.05) is 31.1 Å². The highest BCUT2D eigenvalue weighted by molar-refractivity contribution is 5.57. The average molecular weight is 291 g/mol. The van der Waals surface area contributed by atoms with Gasteiger partial charge in [-0.15, -0.1) is 0 Å². The van der Waals surface area contributed by atoms with E-state index in [1.165, 1.54) is 25.8 Å². The second kappa shape index (κ2) is 5.93. The first-order valence-electron chi connectivity index (χ1n) is 8.11. The predicted octanol–water partition coefficient (Wildman–Crippen LogP) is 2.83. The second-order valence-corrected chi connectivity index (χ2v) is 6.58. The number of aryl methyl sites for hydroxylation is 1. The van der Waals surface area contributed by atoms with Crippen molar-refractivity contribution in [1.29, 1.82) is 0 Å². The molecule has 0 saturated carbocycles. The van der Waals surface area contributed by atoms with Gasteiger partial charge in [0.15, 0.2) is 0 Å². The van der Waals surface area contributed by atoms with Crippen molar-refractivity contribution in [1.82, 2.24) is 4.90 Å². The topological polar surface area (TPSA) is 32.5 Å². The van der Waals surface area contributed by atoms with Gasteiger partial charge >= 0.3 is 0 Å². The largest absolute Gasteiger partial charge is 0.368 e. The van der Waals surface area contributed by atoms with Crippen LogP contribution in [0.4, 0.5) is 10.1 Å². The lowest BCUT2D eigenvalue weighted by atomic mass is 9.97. The van der Waals surface area contributed by atoms with E-state index in [4.69, 9.17) is 5.73 Å². The Morgan fingerprint density at radius 1 is 1.24 bits per heavy atom. The van der Waals surface area contributed by atoms with Crippen molar-refractivity contribution in [3.8, 4) is 0 Å². The molecule has 2 saturated heterocycles. The van der Waals surface area contributed by atoms with E-state index in [0.717, 1.165) is 30.9 Å². The fourth-order valence-corrected chi connectivity index (χ4v) is 3.70. The number of hydrogen-bond donors (Lipinski definition) is 1. The third-order valence-corrected chi connectivity index (χ3v) is 4.98. The third kappa shape index (κ3) is 2.92. The zero-order valence-electron chi connectivity index (χ0n) is 13.1. The maximum Gasteiger partial charge on any atom is 0.126 e. The molecule has 2 N–H and O–H groups in total. The molecule has 2 atom stereocenters. The summed E-state index contributed by atoms with van der Waals surface area (Å²) in [6, 6.07) is 4.12. The SMILES string of the molecule is Cc1cc(N2CCN3CCCCC3C2)c(C(C)N)cc1F. The number of anilines is 1. The lowest BCUT2D eigenvalue weighted by Crippen LogP contribution is -2.55. The summed E-state index contributed by atoms with van der Waals surface area (Å²) in [5.41, 5.74) is 8.84.